The molecule has 1 N–H and O–H groups in total. The van der Waals surface area contributed by atoms with E-state index in [2.05, 4.69) is 5.10 Å². The number of aliphatic carboxylic acids is 1. The second-order valence-electron chi connectivity index (χ2n) is 2.89. The molecule has 0 saturated carbocycles. The zero-order valence-electron chi connectivity index (χ0n) is 7.19. The zero-order valence-corrected chi connectivity index (χ0v) is 7.19. The highest BCUT2D eigenvalue weighted by atomic mass is 16.4. The third-order valence-corrected chi connectivity index (χ3v) is 1.80. The highest BCUT2D eigenvalue weighted by Crippen LogP contribution is 2.02. The molecular weight excluding hydrogens is 156 g/mol. The van der Waals surface area contributed by atoms with Gasteiger partial charge in [-0.2, -0.15) is 5.10 Å². The molecule has 1 aromatic rings. The van der Waals surface area contributed by atoms with Gasteiger partial charge in [-0.25, -0.2) is 0 Å². The standard InChI is InChI=1S/C8H12N2O2/c1-6(8(11)12)5-10-7(2)3-4-9-10/h3-4,6H,5H2,1-2H3,(H,11,12). The van der Waals surface area contributed by atoms with Crippen LogP contribution in [0.1, 0.15) is 12.6 Å². The molecule has 0 spiro atoms. The lowest BCUT2D eigenvalue weighted by atomic mass is 10.2. The van der Waals surface area contributed by atoms with E-state index in [0.29, 0.717) is 6.54 Å². The normalized spacial score (nSPS) is 12.8. The van der Waals surface area contributed by atoms with Crippen molar-refractivity contribution in [3.05, 3.63) is 18.0 Å². The summed E-state index contributed by atoms with van der Waals surface area (Å²) in [7, 11) is 0. The number of aromatic nitrogens is 2. The van der Waals surface area contributed by atoms with Crippen LogP contribution in [0.3, 0.4) is 0 Å². The number of rotatable bonds is 3. The fourth-order valence-electron chi connectivity index (χ4n) is 0.927. The van der Waals surface area contributed by atoms with Gasteiger partial charge in [0.25, 0.3) is 0 Å². The van der Waals surface area contributed by atoms with E-state index in [1.165, 1.54) is 0 Å². The van der Waals surface area contributed by atoms with Gasteiger partial charge in [0.05, 0.1) is 12.5 Å². The van der Waals surface area contributed by atoms with E-state index in [1.807, 2.05) is 13.0 Å². The van der Waals surface area contributed by atoms with Gasteiger partial charge in [-0.15, -0.1) is 0 Å². The van der Waals surface area contributed by atoms with Crippen molar-refractivity contribution in [3.63, 3.8) is 0 Å². The minimum absolute atomic E-state index is 0.386. The van der Waals surface area contributed by atoms with E-state index in [4.69, 9.17) is 5.11 Å². The van der Waals surface area contributed by atoms with E-state index in [1.54, 1.807) is 17.8 Å². The first-order valence-corrected chi connectivity index (χ1v) is 3.82. The van der Waals surface area contributed by atoms with Crippen LogP contribution >= 0.6 is 0 Å². The SMILES string of the molecule is Cc1ccnn1CC(C)C(=O)O. The maximum absolute atomic E-state index is 10.5. The highest BCUT2D eigenvalue weighted by molar-refractivity contribution is 5.69. The van der Waals surface area contributed by atoms with Crippen molar-refractivity contribution in [3.8, 4) is 0 Å². The fraction of sp³-hybridized carbons (Fsp3) is 0.500. The molecule has 4 heteroatoms. The van der Waals surface area contributed by atoms with E-state index >= 15 is 0 Å². The van der Waals surface area contributed by atoms with Crippen LogP contribution in [-0.2, 0) is 11.3 Å². The molecule has 0 bridgehead atoms. The molecule has 0 fully saturated rings. The lowest BCUT2D eigenvalue weighted by molar-refractivity contribution is -0.141. The number of carboxylic acids is 1. The number of carbonyl (C=O) groups is 1. The molecule has 1 heterocycles. The third-order valence-electron chi connectivity index (χ3n) is 1.80. The largest absolute Gasteiger partial charge is 0.481 e. The Morgan fingerprint density at radius 3 is 2.92 bits per heavy atom. The van der Waals surface area contributed by atoms with Crippen LogP contribution in [0, 0.1) is 12.8 Å². The summed E-state index contributed by atoms with van der Waals surface area (Å²) in [6, 6.07) is 1.86. The first-order valence-electron chi connectivity index (χ1n) is 3.82. The summed E-state index contributed by atoms with van der Waals surface area (Å²) in [5, 5.41) is 12.6. The van der Waals surface area contributed by atoms with E-state index in [9.17, 15) is 4.79 Å². The van der Waals surface area contributed by atoms with Gasteiger partial charge < -0.3 is 5.11 Å². The van der Waals surface area contributed by atoms with Gasteiger partial charge in [-0.05, 0) is 13.0 Å². The van der Waals surface area contributed by atoms with E-state index < -0.39 is 5.97 Å². The molecule has 0 amide bonds. The monoisotopic (exact) mass is 168 g/mol. The molecule has 0 aliphatic rings. The molecule has 1 aromatic heterocycles. The lowest BCUT2D eigenvalue weighted by Gasteiger charge is -2.07. The molecule has 0 aliphatic carbocycles. The number of nitrogens with zero attached hydrogens (tertiary/aromatic N) is 2. The predicted octanol–water partition coefficient (Wildman–Crippen LogP) is 0.912. The first kappa shape index (κ1) is 8.77. The summed E-state index contributed by atoms with van der Waals surface area (Å²) < 4.78 is 1.69. The smallest absolute Gasteiger partial charge is 0.308 e. The Bertz CT molecular complexity index is 280. The number of carboxylic acid groups (broad SMARTS) is 1. The molecule has 0 saturated heterocycles. The van der Waals surface area contributed by atoms with Crippen molar-refractivity contribution in [1.82, 2.24) is 9.78 Å². The minimum atomic E-state index is -0.787. The molecular formula is C8H12N2O2. The predicted molar refractivity (Wildman–Crippen MR) is 43.8 cm³/mol. The second kappa shape index (κ2) is 3.38. The topological polar surface area (TPSA) is 55.1 Å². The minimum Gasteiger partial charge on any atom is -0.481 e. The Morgan fingerprint density at radius 2 is 2.50 bits per heavy atom. The van der Waals surface area contributed by atoms with Crippen LogP contribution in [0.4, 0.5) is 0 Å². The van der Waals surface area contributed by atoms with Crippen molar-refractivity contribution in [2.45, 2.75) is 20.4 Å². The van der Waals surface area contributed by atoms with Crippen molar-refractivity contribution < 1.29 is 9.90 Å². The molecule has 1 rings (SSSR count). The number of aryl methyl sites for hydroxylation is 1. The highest BCUT2D eigenvalue weighted by Gasteiger charge is 2.12. The number of hydrogen-bond donors (Lipinski definition) is 1. The summed E-state index contributed by atoms with van der Waals surface area (Å²) in [4.78, 5) is 10.5. The summed E-state index contributed by atoms with van der Waals surface area (Å²) in [5.74, 6) is -1.17. The van der Waals surface area contributed by atoms with Crippen LogP contribution < -0.4 is 0 Å². The Labute approximate surface area is 70.8 Å². The van der Waals surface area contributed by atoms with Gasteiger partial charge in [0.15, 0.2) is 0 Å². The van der Waals surface area contributed by atoms with Crippen LogP contribution in [0.5, 0.6) is 0 Å². The average molecular weight is 168 g/mol. The summed E-state index contributed by atoms with van der Waals surface area (Å²) in [6.07, 6.45) is 1.67. The average Bonchev–Trinajstić information content (AvgIpc) is 2.36. The number of hydrogen-bond acceptors (Lipinski definition) is 2. The second-order valence-corrected chi connectivity index (χ2v) is 2.89. The quantitative estimate of drug-likeness (QED) is 0.729. The Kier molecular flexibility index (Phi) is 2.47. The molecule has 0 radical (unpaired) electrons. The van der Waals surface area contributed by atoms with Crippen LogP contribution in [0.15, 0.2) is 12.3 Å². The third kappa shape index (κ3) is 1.84. The summed E-state index contributed by atoms with van der Waals surface area (Å²) in [5.41, 5.74) is 0.989. The van der Waals surface area contributed by atoms with Crippen molar-refractivity contribution in [1.29, 1.82) is 0 Å². The Balaban J connectivity index is 2.64. The molecule has 66 valence electrons. The van der Waals surface area contributed by atoms with Gasteiger partial charge in [0, 0.05) is 11.9 Å². The van der Waals surface area contributed by atoms with E-state index in [0.717, 1.165) is 5.69 Å². The van der Waals surface area contributed by atoms with E-state index in [-0.39, 0.29) is 5.92 Å². The Hall–Kier alpha value is -1.32. The molecule has 1 unspecified atom stereocenters. The van der Waals surface area contributed by atoms with Gasteiger partial charge in [0.1, 0.15) is 0 Å². The van der Waals surface area contributed by atoms with Crippen LogP contribution in [0.25, 0.3) is 0 Å². The van der Waals surface area contributed by atoms with Crippen LogP contribution in [-0.4, -0.2) is 20.9 Å². The maximum Gasteiger partial charge on any atom is 0.308 e. The molecule has 12 heavy (non-hydrogen) atoms. The zero-order chi connectivity index (χ0) is 9.14. The summed E-state index contributed by atoms with van der Waals surface area (Å²) in [6.45, 7) is 4.01. The lowest BCUT2D eigenvalue weighted by Crippen LogP contribution is -2.18. The van der Waals surface area contributed by atoms with Crippen LogP contribution in [0.2, 0.25) is 0 Å². The molecule has 1 atom stereocenters. The summed E-state index contributed by atoms with van der Waals surface area (Å²) >= 11 is 0. The van der Waals surface area contributed by atoms with Gasteiger partial charge in [-0.1, -0.05) is 6.92 Å². The fourth-order valence-corrected chi connectivity index (χ4v) is 0.927. The van der Waals surface area contributed by atoms with Crippen molar-refractivity contribution >= 4 is 5.97 Å². The van der Waals surface area contributed by atoms with Gasteiger partial charge in [-0.3, -0.25) is 9.48 Å². The maximum atomic E-state index is 10.5. The van der Waals surface area contributed by atoms with Gasteiger partial charge in [0.2, 0.25) is 0 Å². The molecule has 0 aromatic carbocycles. The first-order chi connectivity index (χ1) is 5.61. The van der Waals surface area contributed by atoms with Crippen molar-refractivity contribution in [2.24, 2.45) is 5.92 Å². The Morgan fingerprint density at radius 1 is 1.83 bits per heavy atom. The van der Waals surface area contributed by atoms with Crippen molar-refractivity contribution in [2.75, 3.05) is 0 Å². The molecule has 4 nitrogen and oxygen atoms in total. The molecule has 0 aliphatic heterocycles. The van der Waals surface area contributed by atoms with Gasteiger partial charge >= 0.3 is 5.97 Å².